The molecule has 1 atom stereocenters. The zero-order valence-electron chi connectivity index (χ0n) is 17.1. The number of amides is 4. The lowest BCUT2D eigenvalue weighted by Crippen LogP contribution is -3.12. The monoisotopic (exact) mass is 396 g/mol. The van der Waals surface area contributed by atoms with Crippen molar-refractivity contribution in [2.45, 2.75) is 57.5 Å². The molecule has 4 aliphatic carbocycles. The summed E-state index contributed by atoms with van der Waals surface area (Å²) in [5.74, 6) is 0.613. The van der Waals surface area contributed by atoms with Gasteiger partial charge in [0.1, 0.15) is 6.54 Å². The number of urea groups is 1. The molecule has 1 saturated heterocycles. The van der Waals surface area contributed by atoms with Crippen LogP contribution in [-0.4, -0.2) is 46.4 Å². The largest absolute Gasteiger partial charge is 0.339 e. The maximum Gasteiger partial charge on any atom is 0.339 e. The molecule has 6 rings (SSSR count). The van der Waals surface area contributed by atoms with Crippen LogP contribution in [0.1, 0.15) is 51.0 Å². The Hall–Kier alpha value is -2.21. The molecule has 154 valence electrons. The van der Waals surface area contributed by atoms with Crippen molar-refractivity contribution in [2.24, 2.45) is 17.8 Å². The summed E-state index contributed by atoms with van der Waals surface area (Å²) in [6.45, 7) is 3.79. The van der Waals surface area contributed by atoms with Gasteiger partial charge < -0.3 is 4.90 Å². The molecule has 1 heterocycles. The van der Waals surface area contributed by atoms with Crippen LogP contribution >= 0.6 is 0 Å². The molecule has 1 aliphatic heterocycles. The number of imide groups is 2. The molecule has 0 radical (unpaired) electrons. The van der Waals surface area contributed by atoms with Crippen molar-refractivity contribution in [2.75, 3.05) is 13.2 Å². The zero-order valence-corrected chi connectivity index (χ0v) is 17.1. The van der Waals surface area contributed by atoms with Crippen molar-refractivity contribution in [1.29, 1.82) is 0 Å². The van der Waals surface area contributed by atoms with Crippen LogP contribution in [0.25, 0.3) is 0 Å². The third-order valence-corrected chi connectivity index (χ3v) is 7.71. The van der Waals surface area contributed by atoms with E-state index >= 15 is 0 Å². The Morgan fingerprint density at radius 2 is 1.52 bits per heavy atom. The van der Waals surface area contributed by atoms with Crippen molar-refractivity contribution < 1.29 is 19.3 Å². The van der Waals surface area contributed by atoms with E-state index in [1.165, 1.54) is 29.1 Å². The molecular formula is C23H30N3O3+. The van der Waals surface area contributed by atoms with E-state index in [0.717, 1.165) is 42.8 Å². The number of rotatable bonds is 6. The van der Waals surface area contributed by atoms with Crippen LogP contribution < -0.4 is 4.90 Å². The molecule has 4 amide bonds. The predicted molar refractivity (Wildman–Crippen MR) is 107 cm³/mol. The molecule has 4 saturated carbocycles. The number of carbonyl (C=O) groups excluding carboxylic acids is 3. The number of hydrogen-bond acceptors (Lipinski definition) is 3. The third-order valence-electron chi connectivity index (χ3n) is 7.71. The van der Waals surface area contributed by atoms with Gasteiger partial charge in [0.25, 0.3) is 0 Å². The second-order valence-electron chi connectivity index (χ2n) is 9.72. The summed E-state index contributed by atoms with van der Waals surface area (Å²) in [5.41, 5.74) is 0.756. The maximum absolute atomic E-state index is 13.3. The van der Waals surface area contributed by atoms with Gasteiger partial charge in [0.2, 0.25) is 0 Å². The fraction of sp³-hybridized carbons (Fsp3) is 0.609. The van der Waals surface area contributed by atoms with Crippen molar-refractivity contribution in [3.05, 3.63) is 35.9 Å². The number of benzene rings is 1. The SMILES string of the molecule is CC[NH+](Cc1ccccc1)CN1C(=O)C(=O)N(C23CC4CC(CC(C4)C2)C3)C1=O. The van der Waals surface area contributed by atoms with Crippen LogP contribution in [0.5, 0.6) is 0 Å². The molecule has 29 heavy (non-hydrogen) atoms. The summed E-state index contributed by atoms with van der Waals surface area (Å²) >= 11 is 0. The lowest BCUT2D eigenvalue weighted by Gasteiger charge is -2.58. The quantitative estimate of drug-likeness (QED) is 0.589. The van der Waals surface area contributed by atoms with Crippen LogP contribution in [0, 0.1) is 17.8 Å². The Bertz CT molecular complexity index is 802. The van der Waals surface area contributed by atoms with E-state index in [-0.39, 0.29) is 12.7 Å². The summed E-state index contributed by atoms with van der Waals surface area (Å²) in [5, 5.41) is 0. The minimum Gasteiger partial charge on any atom is -0.314 e. The second-order valence-corrected chi connectivity index (χ2v) is 9.72. The van der Waals surface area contributed by atoms with Gasteiger partial charge in [-0.1, -0.05) is 30.3 Å². The van der Waals surface area contributed by atoms with Gasteiger partial charge in [0.05, 0.1) is 12.1 Å². The molecule has 1 unspecified atom stereocenters. The zero-order chi connectivity index (χ0) is 20.2. The number of nitrogens with one attached hydrogen (secondary N) is 1. The number of hydrogen-bond donors (Lipinski definition) is 1. The lowest BCUT2D eigenvalue weighted by atomic mass is 9.52. The Labute approximate surface area is 171 Å². The fourth-order valence-electron chi connectivity index (χ4n) is 6.80. The minimum absolute atomic E-state index is 0.248. The van der Waals surface area contributed by atoms with E-state index in [4.69, 9.17) is 0 Å². The van der Waals surface area contributed by atoms with E-state index in [0.29, 0.717) is 17.8 Å². The van der Waals surface area contributed by atoms with Crippen molar-refractivity contribution >= 4 is 17.8 Å². The van der Waals surface area contributed by atoms with Crippen molar-refractivity contribution in [3.63, 3.8) is 0 Å². The molecule has 6 nitrogen and oxygen atoms in total. The van der Waals surface area contributed by atoms with Crippen molar-refractivity contribution in [3.8, 4) is 0 Å². The van der Waals surface area contributed by atoms with Crippen LogP contribution in [0.4, 0.5) is 4.79 Å². The highest BCUT2D eigenvalue weighted by Crippen LogP contribution is 2.58. The van der Waals surface area contributed by atoms with E-state index in [9.17, 15) is 14.4 Å². The first kappa shape index (κ1) is 18.8. The lowest BCUT2D eigenvalue weighted by molar-refractivity contribution is -0.919. The third kappa shape index (κ3) is 3.08. The Kier molecular flexibility index (Phi) is 4.50. The van der Waals surface area contributed by atoms with Gasteiger partial charge in [-0.3, -0.25) is 9.59 Å². The summed E-state index contributed by atoms with van der Waals surface area (Å²) in [6, 6.07) is 9.69. The normalized spacial score (nSPS) is 34.4. The van der Waals surface area contributed by atoms with Gasteiger partial charge in [-0.15, -0.1) is 0 Å². The van der Waals surface area contributed by atoms with Crippen molar-refractivity contribution in [1.82, 2.24) is 9.80 Å². The number of quaternary nitrogens is 1. The topological polar surface area (TPSA) is 62.1 Å². The van der Waals surface area contributed by atoms with Gasteiger partial charge in [-0.05, 0) is 63.2 Å². The molecule has 5 fully saturated rings. The van der Waals surface area contributed by atoms with Crippen LogP contribution in [0.3, 0.4) is 0 Å². The summed E-state index contributed by atoms with van der Waals surface area (Å²) in [6.07, 6.45) is 6.39. The van der Waals surface area contributed by atoms with Gasteiger partial charge in [0.15, 0.2) is 6.67 Å². The summed E-state index contributed by atoms with van der Waals surface area (Å²) < 4.78 is 0. The van der Waals surface area contributed by atoms with Crippen LogP contribution in [0.2, 0.25) is 0 Å². The Morgan fingerprint density at radius 3 is 2.07 bits per heavy atom. The molecule has 4 bridgehead atoms. The van der Waals surface area contributed by atoms with Crippen LogP contribution in [0.15, 0.2) is 30.3 Å². The molecule has 0 aromatic heterocycles. The molecule has 1 aromatic rings. The highest BCUT2D eigenvalue weighted by Gasteiger charge is 2.61. The van der Waals surface area contributed by atoms with Crippen LogP contribution in [-0.2, 0) is 16.1 Å². The standard InChI is InChI=1S/C23H29N3O3/c1-2-24(14-16-6-4-3-5-7-16)15-25-20(27)21(28)26(22(25)29)23-11-17-8-18(12-23)10-19(9-17)13-23/h3-7,17-19H,2,8-15H2,1H3/p+1. The first-order valence-corrected chi connectivity index (χ1v) is 11.1. The van der Waals surface area contributed by atoms with E-state index in [2.05, 4.69) is 12.1 Å². The Morgan fingerprint density at radius 1 is 0.931 bits per heavy atom. The highest BCUT2D eigenvalue weighted by molar-refractivity contribution is 6.44. The predicted octanol–water partition coefficient (Wildman–Crippen LogP) is 1.81. The highest BCUT2D eigenvalue weighted by atomic mass is 16.2. The summed E-state index contributed by atoms with van der Waals surface area (Å²) in [7, 11) is 0. The van der Waals surface area contributed by atoms with Gasteiger partial charge in [-0.25, -0.2) is 14.6 Å². The Balaban J connectivity index is 1.35. The van der Waals surface area contributed by atoms with Gasteiger partial charge in [0, 0.05) is 5.56 Å². The first-order chi connectivity index (χ1) is 14.0. The molecule has 0 spiro atoms. The van der Waals surface area contributed by atoms with E-state index in [1.54, 1.807) is 0 Å². The molecule has 1 aromatic carbocycles. The molecule has 5 aliphatic rings. The molecule has 1 N–H and O–H groups in total. The number of carbonyl (C=O) groups is 3. The first-order valence-electron chi connectivity index (χ1n) is 11.1. The van der Waals surface area contributed by atoms with E-state index < -0.39 is 17.4 Å². The average Bonchev–Trinajstić information content (AvgIpc) is 2.90. The smallest absolute Gasteiger partial charge is 0.314 e. The van der Waals surface area contributed by atoms with E-state index in [1.807, 2.05) is 25.1 Å². The molecular weight excluding hydrogens is 366 g/mol. The maximum atomic E-state index is 13.3. The minimum atomic E-state index is -0.634. The fourth-order valence-corrected chi connectivity index (χ4v) is 6.80. The van der Waals surface area contributed by atoms with Gasteiger partial charge >= 0.3 is 17.8 Å². The summed E-state index contributed by atoms with van der Waals surface area (Å²) in [4.78, 5) is 42.8. The number of nitrogens with zero attached hydrogens (tertiary/aromatic N) is 2. The van der Waals surface area contributed by atoms with Gasteiger partial charge in [-0.2, -0.15) is 0 Å². The average molecular weight is 397 g/mol. The molecule has 6 heteroatoms. The second kappa shape index (κ2) is 6.94.